The molecule has 0 amide bonds. The Morgan fingerprint density at radius 3 is 2.65 bits per heavy atom. The molecule has 1 aliphatic heterocycles. The molecule has 1 saturated heterocycles. The zero-order valence-electron chi connectivity index (χ0n) is 11.5. The van der Waals surface area contributed by atoms with Gasteiger partial charge in [-0.05, 0) is 69.1 Å². The van der Waals surface area contributed by atoms with E-state index in [-0.39, 0.29) is 18.2 Å². The Balaban J connectivity index is 0.00000200. The molecular weight excluding hydrogens is 277 g/mol. The molecule has 0 atom stereocenters. The summed E-state index contributed by atoms with van der Waals surface area (Å²) in [7, 11) is 0. The molecule has 110 valence electrons. The molecular formula is C15H21ClFN3. The fourth-order valence-corrected chi connectivity index (χ4v) is 2.76. The van der Waals surface area contributed by atoms with Gasteiger partial charge in [-0.15, -0.1) is 12.4 Å². The number of nitrogens with zero attached hydrogens (tertiary/aromatic N) is 2. The average Bonchev–Trinajstić information content (AvgIpc) is 2.45. The molecule has 1 heterocycles. The summed E-state index contributed by atoms with van der Waals surface area (Å²) in [6.45, 7) is 3.86. The van der Waals surface area contributed by atoms with Crippen molar-refractivity contribution in [1.29, 1.82) is 5.26 Å². The number of hydrogen-bond acceptors (Lipinski definition) is 3. The first-order valence-corrected chi connectivity index (χ1v) is 6.86. The number of piperidine rings is 1. The Kier molecular flexibility index (Phi) is 6.94. The van der Waals surface area contributed by atoms with Gasteiger partial charge in [-0.3, -0.25) is 0 Å². The molecule has 0 aliphatic carbocycles. The van der Waals surface area contributed by atoms with E-state index >= 15 is 0 Å². The van der Waals surface area contributed by atoms with Crippen molar-refractivity contribution < 1.29 is 4.39 Å². The van der Waals surface area contributed by atoms with E-state index in [4.69, 9.17) is 11.0 Å². The van der Waals surface area contributed by atoms with Gasteiger partial charge in [0.15, 0.2) is 0 Å². The van der Waals surface area contributed by atoms with E-state index in [0.29, 0.717) is 11.5 Å². The molecule has 1 aromatic carbocycles. The highest BCUT2D eigenvalue weighted by Gasteiger charge is 2.22. The molecule has 2 N–H and O–H groups in total. The van der Waals surface area contributed by atoms with E-state index in [1.54, 1.807) is 6.07 Å². The summed E-state index contributed by atoms with van der Waals surface area (Å²) in [5.74, 6) is 0.0464. The fraction of sp³-hybridized carbons (Fsp3) is 0.533. The van der Waals surface area contributed by atoms with Crippen LogP contribution in [-0.4, -0.2) is 31.1 Å². The van der Waals surface area contributed by atoms with Crippen molar-refractivity contribution in [2.75, 3.05) is 26.2 Å². The molecule has 0 bridgehead atoms. The van der Waals surface area contributed by atoms with Crippen LogP contribution in [0.15, 0.2) is 18.2 Å². The number of benzene rings is 1. The molecule has 0 radical (unpaired) electrons. The second kappa shape index (κ2) is 8.21. The summed E-state index contributed by atoms with van der Waals surface area (Å²) < 4.78 is 13.1. The first-order chi connectivity index (χ1) is 9.24. The van der Waals surface area contributed by atoms with Crippen LogP contribution in [0.2, 0.25) is 0 Å². The average molecular weight is 298 g/mol. The van der Waals surface area contributed by atoms with Crippen LogP contribution in [0.3, 0.4) is 0 Å². The van der Waals surface area contributed by atoms with Gasteiger partial charge in [0, 0.05) is 0 Å². The van der Waals surface area contributed by atoms with Gasteiger partial charge in [-0.25, -0.2) is 4.39 Å². The summed E-state index contributed by atoms with van der Waals surface area (Å²) in [5, 5.41) is 9.10. The van der Waals surface area contributed by atoms with Crippen LogP contribution in [0.4, 0.5) is 4.39 Å². The van der Waals surface area contributed by atoms with E-state index in [1.165, 1.54) is 12.1 Å². The molecule has 1 fully saturated rings. The second-order valence-corrected chi connectivity index (χ2v) is 5.10. The Labute approximate surface area is 126 Å². The quantitative estimate of drug-likeness (QED) is 0.929. The summed E-state index contributed by atoms with van der Waals surface area (Å²) in [4.78, 5) is 2.42. The van der Waals surface area contributed by atoms with Gasteiger partial charge in [-0.2, -0.15) is 5.26 Å². The van der Waals surface area contributed by atoms with Crippen LogP contribution in [0, 0.1) is 17.1 Å². The van der Waals surface area contributed by atoms with E-state index < -0.39 is 0 Å². The number of likely N-dealkylation sites (tertiary alicyclic amines) is 1. The lowest BCUT2D eigenvalue weighted by molar-refractivity contribution is 0.211. The highest BCUT2D eigenvalue weighted by Crippen LogP contribution is 2.30. The summed E-state index contributed by atoms with van der Waals surface area (Å²) in [5.41, 5.74) is 7.01. The summed E-state index contributed by atoms with van der Waals surface area (Å²) in [6.07, 6.45) is 3.10. The minimum absolute atomic E-state index is 0. The third-order valence-corrected chi connectivity index (χ3v) is 3.84. The van der Waals surface area contributed by atoms with Gasteiger partial charge >= 0.3 is 0 Å². The van der Waals surface area contributed by atoms with Crippen LogP contribution in [0.5, 0.6) is 0 Å². The highest BCUT2D eigenvalue weighted by molar-refractivity contribution is 5.85. The van der Waals surface area contributed by atoms with Crippen LogP contribution >= 0.6 is 12.4 Å². The van der Waals surface area contributed by atoms with Gasteiger partial charge < -0.3 is 10.6 Å². The predicted octanol–water partition coefficient (Wildman–Crippen LogP) is 2.65. The number of hydrogen-bond donors (Lipinski definition) is 1. The Morgan fingerprint density at radius 1 is 1.35 bits per heavy atom. The van der Waals surface area contributed by atoms with E-state index in [1.807, 2.05) is 0 Å². The third kappa shape index (κ3) is 4.17. The van der Waals surface area contributed by atoms with Crippen molar-refractivity contribution in [3.8, 4) is 6.07 Å². The number of nitrogens with two attached hydrogens (primary N) is 1. The van der Waals surface area contributed by atoms with Crippen molar-refractivity contribution in [2.24, 2.45) is 5.73 Å². The smallest absolute Gasteiger partial charge is 0.124 e. The fourth-order valence-electron chi connectivity index (χ4n) is 2.76. The zero-order chi connectivity index (χ0) is 13.7. The second-order valence-electron chi connectivity index (χ2n) is 5.10. The largest absolute Gasteiger partial charge is 0.330 e. The van der Waals surface area contributed by atoms with Crippen LogP contribution < -0.4 is 5.73 Å². The first-order valence-electron chi connectivity index (χ1n) is 6.86. The maximum absolute atomic E-state index is 13.1. The van der Waals surface area contributed by atoms with Crippen LogP contribution in [-0.2, 0) is 0 Å². The summed E-state index contributed by atoms with van der Waals surface area (Å²) in [6, 6.07) is 6.68. The van der Waals surface area contributed by atoms with E-state index in [0.717, 1.165) is 51.0 Å². The molecule has 1 aromatic rings. The third-order valence-electron chi connectivity index (χ3n) is 3.84. The predicted molar refractivity (Wildman–Crippen MR) is 80.4 cm³/mol. The van der Waals surface area contributed by atoms with Crippen molar-refractivity contribution in [3.63, 3.8) is 0 Å². The van der Waals surface area contributed by atoms with Crippen LogP contribution in [0.1, 0.15) is 36.3 Å². The van der Waals surface area contributed by atoms with Gasteiger partial charge in [0.05, 0.1) is 11.6 Å². The van der Waals surface area contributed by atoms with E-state index in [2.05, 4.69) is 11.0 Å². The van der Waals surface area contributed by atoms with Crippen molar-refractivity contribution in [1.82, 2.24) is 4.90 Å². The molecule has 0 saturated carbocycles. The molecule has 0 aromatic heterocycles. The SMILES string of the molecule is Cl.N#Cc1cc(F)ccc1C1CCN(CCCN)CC1. The molecule has 0 spiro atoms. The standard InChI is InChI=1S/C15H20FN3.ClH/c16-14-2-3-15(13(10-14)11-18)12-4-8-19(9-5-12)7-1-6-17;/h2-3,10,12H,1,4-9,17H2;1H. The maximum Gasteiger partial charge on any atom is 0.124 e. The Hall–Kier alpha value is -1.15. The van der Waals surface area contributed by atoms with Gasteiger partial charge in [0.1, 0.15) is 5.82 Å². The molecule has 3 nitrogen and oxygen atoms in total. The normalized spacial score (nSPS) is 16.4. The Morgan fingerprint density at radius 2 is 2.05 bits per heavy atom. The van der Waals surface area contributed by atoms with Crippen molar-refractivity contribution in [3.05, 3.63) is 35.1 Å². The summed E-state index contributed by atoms with van der Waals surface area (Å²) >= 11 is 0. The molecule has 0 unspecified atom stereocenters. The molecule has 1 aliphatic rings. The molecule has 2 rings (SSSR count). The monoisotopic (exact) mass is 297 g/mol. The minimum Gasteiger partial charge on any atom is -0.330 e. The lowest BCUT2D eigenvalue weighted by Gasteiger charge is -2.32. The van der Waals surface area contributed by atoms with Gasteiger partial charge in [0.25, 0.3) is 0 Å². The highest BCUT2D eigenvalue weighted by atomic mass is 35.5. The number of halogens is 2. The van der Waals surface area contributed by atoms with Gasteiger partial charge in [0.2, 0.25) is 0 Å². The first kappa shape index (κ1) is 16.9. The van der Waals surface area contributed by atoms with Crippen molar-refractivity contribution >= 4 is 12.4 Å². The number of rotatable bonds is 4. The molecule has 5 heteroatoms. The number of nitriles is 1. The van der Waals surface area contributed by atoms with E-state index in [9.17, 15) is 4.39 Å². The minimum atomic E-state index is -0.333. The van der Waals surface area contributed by atoms with Crippen LogP contribution in [0.25, 0.3) is 0 Å². The lowest BCUT2D eigenvalue weighted by Crippen LogP contribution is -2.34. The maximum atomic E-state index is 13.1. The molecule has 20 heavy (non-hydrogen) atoms. The van der Waals surface area contributed by atoms with Crippen molar-refractivity contribution in [2.45, 2.75) is 25.2 Å². The van der Waals surface area contributed by atoms with Gasteiger partial charge in [-0.1, -0.05) is 6.07 Å². The zero-order valence-corrected chi connectivity index (χ0v) is 12.3. The topological polar surface area (TPSA) is 53.0 Å². The Bertz CT molecular complexity index is 465. The lowest BCUT2D eigenvalue weighted by atomic mass is 9.86.